The van der Waals surface area contributed by atoms with Crippen molar-refractivity contribution in [1.82, 2.24) is 4.90 Å². The second-order valence-electron chi connectivity index (χ2n) is 8.69. The van der Waals surface area contributed by atoms with Crippen molar-refractivity contribution < 1.29 is 37.3 Å². The first kappa shape index (κ1) is 22.8. The highest BCUT2D eigenvalue weighted by atomic mass is 19.4. The first-order valence-corrected chi connectivity index (χ1v) is 10.6. The van der Waals surface area contributed by atoms with Gasteiger partial charge in [0, 0.05) is 51.0 Å². The summed E-state index contributed by atoms with van der Waals surface area (Å²) in [7, 11) is 0. The van der Waals surface area contributed by atoms with Gasteiger partial charge in [-0.3, -0.25) is 4.90 Å². The lowest BCUT2D eigenvalue weighted by Gasteiger charge is -2.52. The highest BCUT2D eigenvalue weighted by Crippen LogP contribution is 2.42. The van der Waals surface area contributed by atoms with E-state index in [9.17, 15) is 13.2 Å². The number of likely N-dealkylation sites (tertiary alicyclic amines) is 1. The molecule has 4 rings (SSSR count). The van der Waals surface area contributed by atoms with Crippen LogP contribution in [0.2, 0.25) is 0 Å². The van der Waals surface area contributed by atoms with E-state index in [1.165, 1.54) is 58.0 Å². The number of hydrogen-bond acceptors (Lipinski definition) is 5. The Morgan fingerprint density at radius 3 is 2.45 bits per heavy atom. The van der Waals surface area contributed by atoms with Crippen LogP contribution in [0, 0.1) is 11.3 Å². The van der Waals surface area contributed by atoms with Gasteiger partial charge in [0.1, 0.15) is 0 Å². The van der Waals surface area contributed by atoms with Gasteiger partial charge in [-0.05, 0) is 50.9 Å². The minimum absolute atomic E-state index is 0.254. The van der Waals surface area contributed by atoms with Crippen molar-refractivity contribution in [2.24, 2.45) is 11.3 Å². The van der Waals surface area contributed by atoms with Crippen molar-refractivity contribution in [3.8, 4) is 0 Å². The molecule has 3 aliphatic heterocycles. The van der Waals surface area contributed by atoms with Crippen LogP contribution in [0.1, 0.15) is 44.9 Å². The van der Waals surface area contributed by atoms with Gasteiger partial charge in [0.25, 0.3) is 0 Å². The molecule has 1 saturated carbocycles. The van der Waals surface area contributed by atoms with Crippen molar-refractivity contribution in [3.63, 3.8) is 0 Å². The van der Waals surface area contributed by atoms with Gasteiger partial charge >= 0.3 is 12.1 Å². The van der Waals surface area contributed by atoms with Crippen LogP contribution in [-0.4, -0.2) is 80.4 Å². The quantitative estimate of drug-likeness (QED) is 0.733. The van der Waals surface area contributed by atoms with Gasteiger partial charge in [-0.2, -0.15) is 13.2 Å². The fourth-order valence-corrected chi connectivity index (χ4v) is 4.61. The van der Waals surface area contributed by atoms with E-state index >= 15 is 0 Å². The molecule has 4 fully saturated rings. The first-order valence-electron chi connectivity index (χ1n) is 10.6. The Balaban J connectivity index is 0.000000298. The number of fused-ring (bicyclic) bond motifs is 1. The Bertz CT molecular complexity index is 537. The number of halogens is 3. The number of rotatable bonds is 5. The topological polar surface area (TPSA) is 68.2 Å². The molecule has 0 amide bonds. The molecule has 6 nitrogen and oxygen atoms in total. The van der Waals surface area contributed by atoms with E-state index in [0.29, 0.717) is 6.10 Å². The maximum atomic E-state index is 10.6. The predicted molar refractivity (Wildman–Crippen MR) is 98.7 cm³/mol. The molecule has 0 radical (unpaired) electrons. The summed E-state index contributed by atoms with van der Waals surface area (Å²) in [6.45, 7) is 7.08. The molecule has 0 spiro atoms. The van der Waals surface area contributed by atoms with Gasteiger partial charge in [-0.15, -0.1) is 0 Å². The first-order chi connectivity index (χ1) is 13.8. The Morgan fingerprint density at radius 1 is 1.14 bits per heavy atom. The molecule has 9 heteroatoms. The lowest BCUT2D eigenvalue weighted by molar-refractivity contribution is -0.192. The summed E-state index contributed by atoms with van der Waals surface area (Å²) in [4.78, 5) is 11.6. The molecule has 1 aliphatic carbocycles. The summed E-state index contributed by atoms with van der Waals surface area (Å²) in [6.07, 6.45) is 4.16. The molecule has 0 aromatic carbocycles. The summed E-state index contributed by atoms with van der Waals surface area (Å²) in [5.41, 5.74) is 0.254. The van der Waals surface area contributed by atoms with Gasteiger partial charge in [0.05, 0.1) is 12.7 Å². The minimum Gasteiger partial charge on any atom is -0.475 e. The fourth-order valence-electron chi connectivity index (χ4n) is 4.61. The van der Waals surface area contributed by atoms with E-state index in [0.717, 1.165) is 45.0 Å². The van der Waals surface area contributed by atoms with Crippen LogP contribution < -0.4 is 0 Å². The average Bonchev–Trinajstić information content (AvgIpc) is 3.52. The number of ether oxygens (including phenoxy) is 3. The summed E-state index contributed by atoms with van der Waals surface area (Å²) in [5.74, 6) is -1.90. The summed E-state index contributed by atoms with van der Waals surface area (Å²) >= 11 is 0. The molecule has 2 atom stereocenters. The van der Waals surface area contributed by atoms with E-state index in [1.807, 2.05) is 0 Å². The molecule has 0 aromatic heterocycles. The number of carboxylic acids is 1. The van der Waals surface area contributed by atoms with Crippen molar-refractivity contribution in [1.29, 1.82) is 0 Å². The predicted octanol–water partition coefficient (Wildman–Crippen LogP) is 3.10. The number of nitrogens with zero attached hydrogens (tertiary/aromatic N) is 1. The third-order valence-electron chi connectivity index (χ3n) is 6.41. The molecular weight excluding hydrogens is 391 g/mol. The Kier molecular flexibility index (Phi) is 7.81. The Hall–Kier alpha value is -0.900. The van der Waals surface area contributed by atoms with Gasteiger partial charge in [-0.25, -0.2) is 4.79 Å². The summed E-state index contributed by atoms with van der Waals surface area (Å²) in [5, 5.41) is 7.12. The van der Waals surface area contributed by atoms with Crippen molar-refractivity contribution >= 4 is 5.97 Å². The molecule has 0 aromatic rings. The summed E-state index contributed by atoms with van der Waals surface area (Å²) < 4.78 is 49.6. The van der Waals surface area contributed by atoms with Crippen molar-refractivity contribution in [2.75, 3.05) is 46.1 Å². The van der Waals surface area contributed by atoms with Gasteiger partial charge in [-0.1, -0.05) is 0 Å². The number of carboxylic acid groups (broad SMARTS) is 1. The monoisotopic (exact) mass is 423 g/mol. The van der Waals surface area contributed by atoms with Crippen LogP contribution in [0.3, 0.4) is 0 Å². The maximum Gasteiger partial charge on any atom is 0.490 e. The van der Waals surface area contributed by atoms with Crippen molar-refractivity contribution in [3.05, 3.63) is 0 Å². The maximum absolute atomic E-state index is 10.6. The van der Waals surface area contributed by atoms with Gasteiger partial charge < -0.3 is 19.3 Å². The minimum atomic E-state index is -5.08. The van der Waals surface area contributed by atoms with E-state index in [4.69, 9.17) is 24.1 Å². The lowest BCUT2D eigenvalue weighted by atomic mass is 9.72. The standard InChI is InChI=1S/C18H31NO3.C2HF3O2/c1-7-18(14-21-12-15-2-3-15)13-19(8-4-17(18)22-9-1)16-5-10-20-11-6-16;3-2(4,5)1(6)7/h15-17H,1-14H2;(H,6,7). The zero-order valence-corrected chi connectivity index (χ0v) is 16.8. The van der Waals surface area contributed by atoms with Crippen LogP contribution in [0.4, 0.5) is 13.2 Å². The van der Waals surface area contributed by atoms with Crippen LogP contribution in [0.15, 0.2) is 0 Å². The van der Waals surface area contributed by atoms with E-state index in [1.54, 1.807) is 0 Å². The van der Waals surface area contributed by atoms with Crippen LogP contribution in [0.25, 0.3) is 0 Å². The van der Waals surface area contributed by atoms with E-state index in [-0.39, 0.29) is 5.41 Å². The van der Waals surface area contributed by atoms with Crippen molar-refractivity contribution in [2.45, 2.75) is 63.3 Å². The Labute approximate surface area is 169 Å². The largest absolute Gasteiger partial charge is 0.490 e. The molecule has 4 aliphatic rings. The highest BCUT2D eigenvalue weighted by Gasteiger charge is 2.47. The molecule has 1 N–H and O–H groups in total. The third-order valence-corrected chi connectivity index (χ3v) is 6.41. The number of piperidine rings is 1. The summed E-state index contributed by atoms with van der Waals surface area (Å²) in [6, 6.07) is 0.719. The van der Waals surface area contributed by atoms with E-state index < -0.39 is 12.1 Å². The highest BCUT2D eigenvalue weighted by molar-refractivity contribution is 5.73. The third kappa shape index (κ3) is 6.54. The molecular formula is C20H32F3NO5. The zero-order valence-electron chi connectivity index (χ0n) is 16.8. The molecule has 168 valence electrons. The van der Waals surface area contributed by atoms with Gasteiger partial charge in [0.2, 0.25) is 0 Å². The molecule has 29 heavy (non-hydrogen) atoms. The smallest absolute Gasteiger partial charge is 0.475 e. The van der Waals surface area contributed by atoms with Crippen LogP contribution >= 0.6 is 0 Å². The lowest BCUT2D eigenvalue weighted by Crippen LogP contribution is -2.59. The van der Waals surface area contributed by atoms with E-state index in [2.05, 4.69) is 4.90 Å². The normalized spacial score (nSPS) is 31.5. The van der Waals surface area contributed by atoms with Gasteiger partial charge in [0.15, 0.2) is 0 Å². The second kappa shape index (κ2) is 9.94. The Morgan fingerprint density at radius 2 is 1.83 bits per heavy atom. The van der Waals surface area contributed by atoms with Crippen LogP contribution in [0.5, 0.6) is 0 Å². The number of alkyl halides is 3. The number of carbonyl (C=O) groups is 1. The number of aliphatic carboxylic acids is 1. The second-order valence-corrected chi connectivity index (χ2v) is 8.69. The molecule has 3 heterocycles. The zero-order chi connectivity index (χ0) is 20.9. The van der Waals surface area contributed by atoms with Crippen LogP contribution in [-0.2, 0) is 19.0 Å². The molecule has 0 bridgehead atoms. The number of hydrogen-bond donors (Lipinski definition) is 1. The average molecular weight is 423 g/mol. The SMILES string of the molecule is C1COC2CCN(C3CCOCC3)CC2(COCC2CC2)C1.O=C(O)C(F)(F)F. The molecule has 3 saturated heterocycles. The fraction of sp³-hybridized carbons (Fsp3) is 0.950. The molecule has 2 unspecified atom stereocenters.